The highest BCUT2D eigenvalue weighted by Crippen LogP contribution is 2.30. The van der Waals surface area contributed by atoms with Crippen molar-refractivity contribution < 1.29 is 18.7 Å². The Morgan fingerprint density at radius 1 is 1.08 bits per heavy atom. The van der Waals surface area contributed by atoms with Crippen LogP contribution in [0.1, 0.15) is 44.9 Å². The van der Waals surface area contributed by atoms with Gasteiger partial charge in [-0.1, -0.05) is 19.3 Å². The smallest absolute Gasteiger partial charge is 0.319 e. The number of hydrogen-bond donors (Lipinski definition) is 3. The summed E-state index contributed by atoms with van der Waals surface area (Å²) in [6.07, 6.45) is 6.65. The van der Waals surface area contributed by atoms with E-state index in [1.165, 1.54) is 0 Å². The lowest BCUT2D eigenvalue weighted by Gasteiger charge is -2.25. The second-order valence-corrected chi connectivity index (χ2v) is 7.27. The van der Waals surface area contributed by atoms with Crippen LogP contribution in [-0.4, -0.2) is 36.9 Å². The average molecular weight is 367 g/mol. The summed E-state index contributed by atoms with van der Waals surface area (Å²) in [7, 11) is 0. The first kappa shape index (κ1) is 18.9. The fourth-order valence-corrected chi connectivity index (χ4v) is 4.01. The number of anilines is 2. The maximum absolute atomic E-state index is 14.4. The Labute approximate surface area is 152 Å². The van der Waals surface area contributed by atoms with E-state index in [1.807, 2.05) is 0 Å². The molecule has 1 aliphatic carbocycles. The molecule has 1 aliphatic heterocycles. The zero-order valence-corrected chi connectivity index (χ0v) is 14.9. The summed E-state index contributed by atoms with van der Waals surface area (Å²) < 4.78 is 28.7. The Kier molecular flexibility index (Phi) is 6.29. The molecule has 1 heterocycles. The highest BCUT2D eigenvalue weighted by Gasteiger charge is 2.25. The van der Waals surface area contributed by atoms with Crippen LogP contribution in [-0.2, 0) is 0 Å². The zero-order valence-electron chi connectivity index (χ0n) is 14.9. The van der Waals surface area contributed by atoms with E-state index in [-0.39, 0.29) is 29.9 Å². The molecule has 2 atom stereocenters. The highest BCUT2D eigenvalue weighted by atomic mass is 19.1. The molecule has 3 rings (SSSR count). The van der Waals surface area contributed by atoms with Crippen molar-refractivity contribution in [2.45, 2.75) is 51.0 Å². The molecule has 0 radical (unpaired) electrons. The van der Waals surface area contributed by atoms with Gasteiger partial charge in [-0.2, -0.15) is 0 Å². The number of benzene rings is 1. The van der Waals surface area contributed by atoms with Crippen molar-refractivity contribution in [1.82, 2.24) is 5.32 Å². The minimum Gasteiger partial charge on any atom is -0.396 e. The number of nitrogens with one attached hydrogen (secondary N) is 2. The summed E-state index contributed by atoms with van der Waals surface area (Å²) in [6.45, 7) is 1.31. The second-order valence-electron chi connectivity index (χ2n) is 7.27. The van der Waals surface area contributed by atoms with Crippen LogP contribution in [0, 0.1) is 17.6 Å². The Morgan fingerprint density at radius 2 is 1.73 bits per heavy atom. The van der Waals surface area contributed by atoms with E-state index in [0.29, 0.717) is 13.1 Å². The molecule has 1 saturated carbocycles. The van der Waals surface area contributed by atoms with Gasteiger partial charge < -0.3 is 20.6 Å². The van der Waals surface area contributed by atoms with Gasteiger partial charge in [0.2, 0.25) is 0 Å². The summed E-state index contributed by atoms with van der Waals surface area (Å²) >= 11 is 0. The number of hydrogen-bond acceptors (Lipinski definition) is 3. The Hall–Kier alpha value is -1.89. The molecule has 0 aromatic heterocycles. The predicted molar refractivity (Wildman–Crippen MR) is 97.4 cm³/mol. The molecule has 2 aliphatic rings. The molecule has 3 N–H and O–H groups in total. The number of carbonyl (C=O) groups is 1. The standard InChI is InChI=1S/C19H27F2N3O2/c20-15-10-14(11-16(21)18(15)24-8-4-5-9-24)22-19(26)23-17-7-3-1-2-6-13(17)12-25/h10-11,13,17,25H,1-9,12H2,(H2,22,23,26)/t13-,17+/m1/s1. The molecule has 2 fully saturated rings. The van der Waals surface area contributed by atoms with Gasteiger partial charge in [-0.25, -0.2) is 13.6 Å². The van der Waals surface area contributed by atoms with Crippen LogP contribution in [0.4, 0.5) is 25.0 Å². The topological polar surface area (TPSA) is 64.6 Å². The Balaban J connectivity index is 1.65. The number of rotatable bonds is 4. The van der Waals surface area contributed by atoms with Gasteiger partial charge in [0, 0.05) is 37.3 Å². The summed E-state index contributed by atoms with van der Waals surface area (Å²) in [5, 5.41) is 14.9. The van der Waals surface area contributed by atoms with Gasteiger partial charge in [-0.15, -0.1) is 0 Å². The molecule has 1 aromatic rings. The quantitative estimate of drug-likeness (QED) is 0.712. The molecule has 1 aromatic carbocycles. The molecule has 2 amide bonds. The predicted octanol–water partition coefficient (Wildman–Crippen LogP) is 3.63. The number of halogens is 2. The minimum atomic E-state index is -0.662. The number of aliphatic hydroxyl groups excluding tert-OH is 1. The Bertz CT molecular complexity index is 612. The van der Waals surface area contributed by atoms with Gasteiger partial charge in [0.15, 0.2) is 11.6 Å². The van der Waals surface area contributed by atoms with Crippen molar-refractivity contribution in [3.05, 3.63) is 23.8 Å². The fraction of sp³-hybridized carbons (Fsp3) is 0.632. The molecule has 0 unspecified atom stereocenters. The van der Waals surface area contributed by atoms with Crippen LogP contribution in [0.25, 0.3) is 0 Å². The van der Waals surface area contributed by atoms with Crippen molar-refractivity contribution in [1.29, 1.82) is 0 Å². The lowest BCUT2D eigenvalue weighted by atomic mass is 9.96. The van der Waals surface area contributed by atoms with E-state index in [0.717, 1.165) is 57.1 Å². The molecule has 144 valence electrons. The molecular weight excluding hydrogens is 340 g/mol. The maximum atomic E-state index is 14.4. The summed E-state index contributed by atoms with van der Waals surface area (Å²) in [5.41, 5.74) is 0.0761. The number of amides is 2. The van der Waals surface area contributed by atoms with E-state index >= 15 is 0 Å². The van der Waals surface area contributed by atoms with Gasteiger partial charge in [0.05, 0.1) is 0 Å². The average Bonchev–Trinajstić information content (AvgIpc) is 3.01. The van der Waals surface area contributed by atoms with Crippen LogP contribution in [0.5, 0.6) is 0 Å². The first-order chi connectivity index (χ1) is 12.6. The van der Waals surface area contributed by atoms with E-state index in [4.69, 9.17) is 0 Å². The highest BCUT2D eigenvalue weighted by molar-refractivity contribution is 5.89. The first-order valence-corrected chi connectivity index (χ1v) is 9.51. The minimum absolute atomic E-state index is 0.0161. The van der Waals surface area contributed by atoms with Gasteiger partial charge >= 0.3 is 6.03 Å². The van der Waals surface area contributed by atoms with Gasteiger partial charge in [-0.05, 0) is 37.8 Å². The monoisotopic (exact) mass is 367 g/mol. The van der Waals surface area contributed by atoms with Crippen molar-refractivity contribution in [2.24, 2.45) is 5.92 Å². The van der Waals surface area contributed by atoms with Gasteiger partial charge in [0.1, 0.15) is 5.69 Å². The van der Waals surface area contributed by atoms with E-state index in [1.54, 1.807) is 4.90 Å². The summed E-state index contributed by atoms with van der Waals surface area (Å²) in [4.78, 5) is 14.0. The van der Waals surface area contributed by atoms with Crippen LogP contribution < -0.4 is 15.5 Å². The Morgan fingerprint density at radius 3 is 2.38 bits per heavy atom. The number of carbonyl (C=O) groups excluding carboxylic acids is 1. The third-order valence-corrected chi connectivity index (χ3v) is 5.41. The summed E-state index contributed by atoms with van der Waals surface area (Å²) in [6, 6.07) is 1.70. The molecule has 1 saturated heterocycles. The molecule has 26 heavy (non-hydrogen) atoms. The van der Waals surface area contributed by atoms with Crippen molar-refractivity contribution in [2.75, 3.05) is 29.9 Å². The van der Waals surface area contributed by atoms with E-state index in [9.17, 15) is 18.7 Å². The SMILES string of the molecule is O=C(Nc1cc(F)c(N2CCCC2)c(F)c1)N[C@H]1CCCCC[C@@H]1CO. The molecule has 0 bridgehead atoms. The molecule has 5 nitrogen and oxygen atoms in total. The van der Waals surface area contributed by atoms with E-state index in [2.05, 4.69) is 10.6 Å². The second kappa shape index (κ2) is 8.66. The normalized spacial score (nSPS) is 23.6. The van der Waals surface area contributed by atoms with Crippen molar-refractivity contribution >= 4 is 17.4 Å². The van der Waals surface area contributed by atoms with Gasteiger partial charge in [0.25, 0.3) is 0 Å². The van der Waals surface area contributed by atoms with Crippen molar-refractivity contribution in [3.63, 3.8) is 0 Å². The molecular formula is C19H27F2N3O2. The maximum Gasteiger partial charge on any atom is 0.319 e. The third kappa shape index (κ3) is 4.44. The zero-order chi connectivity index (χ0) is 18.5. The van der Waals surface area contributed by atoms with Crippen LogP contribution in [0.2, 0.25) is 0 Å². The van der Waals surface area contributed by atoms with Crippen LogP contribution >= 0.6 is 0 Å². The number of aliphatic hydroxyl groups is 1. The molecule has 0 spiro atoms. The summed E-state index contributed by atoms with van der Waals surface area (Å²) in [5.74, 6) is -1.30. The van der Waals surface area contributed by atoms with Crippen LogP contribution in [0.3, 0.4) is 0 Å². The van der Waals surface area contributed by atoms with Crippen LogP contribution in [0.15, 0.2) is 12.1 Å². The first-order valence-electron chi connectivity index (χ1n) is 9.51. The van der Waals surface area contributed by atoms with Crippen molar-refractivity contribution in [3.8, 4) is 0 Å². The van der Waals surface area contributed by atoms with E-state index < -0.39 is 17.7 Å². The van der Waals surface area contributed by atoms with Gasteiger partial charge in [-0.3, -0.25) is 0 Å². The number of urea groups is 1. The largest absolute Gasteiger partial charge is 0.396 e. The lowest BCUT2D eigenvalue weighted by Crippen LogP contribution is -2.43. The number of nitrogens with zero attached hydrogens (tertiary/aromatic N) is 1. The third-order valence-electron chi connectivity index (χ3n) is 5.41. The molecule has 7 heteroatoms. The lowest BCUT2D eigenvalue weighted by molar-refractivity contribution is 0.182. The fourth-order valence-electron chi connectivity index (χ4n) is 4.01.